The van der Waals surface area contributed by atoms with E-state index in [9.17, 15) is 13.2 Å². The highest BCUT2D eigenvalue weighted by Crippen LogP contribution is 2.31. The van der Waals surface area contributed by atoms with Gasteiger partial charge in [0.2, 0.25) is 0 Å². The van der Waals surface area contributed by atoms with E-state index < -0.39 is 12.1 Å². The lowest BCUT2D eigenvalue weighted by Gasteiger charge is -2.36. The summed E-state index contributed by atoms with van der Waals surface area (Å²) in [5, 5.41) is 12.0. The van der Waals surface area contributed by atoms with Crippen molar-refractivity contribution in [1.29, 1.82) is 0 Å². The number of fused-ring (bicyclic) bond motifs is 2. The zero-order valence-corrected chi connectivity index (χ0v) is 20.0. The van der Waals surface area contributed by atoms with Gasteiger partial charge in [-0.3, -0.25) is 4.90 Å². The number of aliphatic carboxylic acids is 1. The molecule has 0 unspecified atom stereocenters. The summed E-state index contributed by atoms with van der Waals surface area (Å²) in [6.07, 6.45) is -0.620. The minimum atomic E-state index is -5.08. The highest BCUT2D eigenvalue weighted by atomic mass is 19.4. The largest absolute Gasteiger partial charge is 0.490 e. The molecule has 0 atom stereocenters. The van der Waals surface area contributed by atoms with Gasteiger partial charge in [-0.15, -0.1) is 0 Å². The Morgan fingerprint density at radius 2 is 1.70 bits per heavy atom. The number of para-hydroxylation sites is 2. The van der Waals surface area contributed by atoms with Gasteiger partial charge in [0.15, 0.2) is 11.6 Å². The summed E-state index contributed by atoms with van der Waals surface area (Å²) < 4.78 is 31.7. The lowest BCUT2D eigenvalue weighted by Crippen LogP contribution is -2.46. The fourth-order valence-electron chi connectivity index (χ4n) is 4.30. The molecule has 11 heteroatoms. The Hall–Kier alpha value is -3.86. The molecule has 2 aliphatic rings. The van der Waals surface area contributed by atoms with Crippen molar-refractivity contribution in [2.45, 2.75) is 31.6 Å². The van der Waals surface area contributed by atoms with Crippen LogP contribution in [0.5, 0.6) is 0 Å². The van der Waals surface area contributed by atoms with Gasteiger partial charge >= 0.3 is 12.1 Å². The number of nitrogens with one attached hydrogen (secondary N) is 2. The standard InChI is InChI=1S/C24H26N6.C2HF3O2/c1-2-4-21-20(3-1)27-23(26-19-7-8-19)24(28-21)30-13-11-29(12-14-30)16-17-5-6-18-9-10-25-22(18)15-17;3-2(4,5)1(6)7/h1-6,9-10,15,19,25H,7-8,11-14,16H2,(H,26,27);(H,6,7). The van der Waals surface area contributed by atoms with Crippen LogP contribution in [0.4, 0.5) is 24.8 Å². The van der Waals surface area contributed by atoms with E-state index in [-0.39, 0.29) is 0 Å². The molecule has 2 aromatic carbocycles. The molecule has 1 aliphatic carbocycles. The number of anilines is 2. The number of piperazine rings is 1. The SMILES string of the molecule is O=C(O)C(F)(F)F.c1ccc2nc(N3CCN(Cc4ccc5cc[nH]c5c4)CC3)c(NC3CC3)nc2c1. The smallest absolute Gasteiger partial charge is 0.475 e. The molecule has 1 saturated heterocycles. The van der Waals surface area contributed by atoms with E-state index in [1.165, 1.54) is 29.3 Å². The van der Waals surface area contributed by atoms with Gasteiger partial charge in [-0.1, -0.05) is 24.3 Å². The average Bonchev–Trinajstić information content (AvgIpc) is 3.57. The summed E-state index contributed by atoms with van der Waals surface area (Å²) in [7, 11) is 0. The number of nitrogens with zero attached hydrogens (tertiary/aromatic N) is 4. The Kier molecular flexibility index (Phi) is 6.88. The molecule has 1 aliphatic heterocycles. The second-order valence-corrected chi connectivity index (χ2v) is 9.27. The summed E-state index contributed by atoms with van der Waals surface area (Å²) in [6, 6.07) is 17.6. The second kappa shape index (κ2) is 10.3. The van der Waals surface area contributed by atoms with Crippen molar-refractivity contribution < 1.29 is 23.1 Å². The van der Waals surface area contributed by atoms with Gasteiger partial charge in [-0.25, -0.2) is 14.8 Å². The highest BCUT2D eigenvalue weighted by Gasteiger charge is 2.38. The van der Waals surface area contributed by atoms with Crippen molar-refractivity contribution in [3.8, 4) is 0 Å². The number of carboxylic acids is 1. The monoisotopic (exact) mass is 512 g/mol. The van der Waals surface area contributed by atoms with Crippen LogP contribution in [0.25, 0.3) is 21.9 Å². The predicted octanol–water partition coefficient (Wildman–Crippen LogP) is 4.64. The van der Waals surface area contributed by atoms with Crippen LogP contribution in [0, 0.1) is 0 Å². The Labute approximate surface area is 211 Å². The quantitative estimate of drug-likeness (QED) is 0.358. The number of H-pyrrole nitrogens is 1. The van der Waals surface area contributed by atoms with Crippen molar-refractivity contribution in [3.63, 3.8) is 0 Å². The van der Waals surface area contributed by atoms with E-state index in [1.54, 1.807) is 0 Å². The number of carboxylic acid groups (broad SMARTS) is 1. The lowest BCUT2D eigenvalue weighted by molar-refractivity contribution is -0.192. The van der Waals surface area contributed by atoms with E-state index in [0.29, 0.717) is 6.04 Å². The van der Waals surface area contributed by atoms with E-state index in [0.717, 1.165) is 55.4 Å². The maximum atomic E-state index is 10.6. The highest BCUT2D eigenvalue weighted by molar-refractivity contribution is 5.81. The molecule has 0 radical (unpaired) electrons. The number of aromatic amines is 1. The molecule has 3 N–H and O–H groups in total. The minimum absolute atomic E-state index is 0.559. The number of hydrogen-bond acceptors (Lipinski definition) is 6. The molecule has 3 heterocycles. The summed E-state index contributed by atoms with van der Waals surface area (Å²) in [5.41, 5.74) is 4.51. The Balaban J connectivity index is 0.000000355. The van der Waals surface area contributed by atoms with Crippen LogP contribution in [-0.2, 0) is 11.3 Å². The zero-order chi connectivity index (χ0) is 26.0. The summed E-state index contributed by atoms with van der Waals surface area (Å²) in [4.78, 5) is 27.0. The fourth-order valence-corrected chi connectivity index (χ4v) is 4.30. The molecule has 4 aromatic rings. The predicted molar refractivity (Wildman–Crippen MR) is 136 cm³/mol. The number of hydrogen-bond donors (Lipinski definition) is 3. The second-order valence-electron chi connectivity index (χ2n) is 9.27. The lowest BCUT2D eigenvalue weighted by atomic mass is 10.1. The number of benzene rings is 2. The molecule has 1 saturated carbocycles. The number of rotatable bonds is 5. The molecular formula is C26H27F3N6O2. The third kappa shape index (κ3) is 6.11. The van der Waals surface area contributed by atoms with Gasteiger partial charge in [-0.2, -0.15) is 13.2 Å². The van der Waals surface area contributed by atoms with Crippen molar-refractivity contribution in [2.24, 2.45) is 0 Å². The van der Waals surface area contributed by atoms with Crippen LogP contribution in [0.1, 0.15) is 18.4 Å². The third-order valence-corrected chi connectivity index (χ3v) is 6.41. The number of halogens is 3. The minimum Gasteiger partial charge on any atom is -0.475 e. The van der Waals surface area contributed by atoms with Crippen LogP contribution < -0.4 is 10.2 Å². The van der Waals surface area contributed by atoms with Crippen molar-refractivity contribution in [2.75, 3.05) is 36.4 Å². The molecule has 194 valence electrons. The van der Waals surface area contributed by atoms with Crippen molar-refractivity contribution in [3.05, 3.63) is 60.3 Å². The Morgan fingerprint density at radius 3 is 2.35 bits per heavy atom. The van der Waals surface area contributed by atoms with Gasteiger partial charge in [0, 0.05) is 50.5 Å². The first-order valence-corrected chi connectivity index (χ1v) is 12.1. The molecule has 37 heavy (non-hydrogen) atoms. The summed E-state index contributed by atoms with van der Waals surface area (Å²) in [5.74, 6) is -0.803. The average molecular weight is 513 g/mol. The molecule has 0 bridgehead atoms. The summed E-state index contributed by atoms with van der Waals surface area (Å²) in [6.45, 7) is 4.98. The molecule has 6 rings (SSSR count). The molecule has 0 amide bonds. The zero-order valence-electron chi connectivity index (χ0n) is 20.0. The van der Waals surface area contributed by atoms with E-state index in [1.807, 2.05) is 24.4 Å². The Bertz CT molecular complexity index is 1390. The number of carbonyl (C=O) groups is 1. The maximum Gasteiger partial charge on any atom is 0.490 e. The van der Waals surface area contributed by atoms with Crippen LogP contribution in [0.15, 0.2) is 54.7 Å². The van der Waals surface area contributed by atoms with Crippen LogP contribution >= 0.6 is 0 Å². The van der Waals surface area contributed by atoms with Crippen LogP contribution in [0.2, 0.25) is 0 Å². The first kappa shape index (κ1) is 24.8. The molecule has 0 spiro atoms. The summed E-state index contributed by atoms with van der Waals surface area (Å²) >= 11 is 0. The first-order chi connectivity index (χ1) is 17.8. The Morgan fingerprint density at radius 1 is 1.03 bits per heavy atom. The van der Waals surface area contributed by atoms with Crippen LogP contribution in [0.3, 0.4) is 0 Å². The molecular weight excluding hydrogens is 485 g/mol. The maximum absolute atomic E-state index is 10.6. The fraction of sp³-hybridized carbons (Fsp3) is 0.346. The molecule has 2 fully saturated rings. The first-order valence-electron chi connectivity index (χ1n) is 12.1. The molecule has 8 nitrogen and oxygen atoms in total. The number of alkyl halides is 3. The molecule has 2 aromatic heterocycles. The van der Waals surface area contributed by atoms with Gasteiger partial charge in [0.1, 0.15) is 0 Å². The van der Waals surface area contributed by atoms with Gasteiger partial charge in [-0.05, 0) is 48.1 Å². The van der Waals surface area contributed by atoms with Gasteiger partial charge in [0.05, 0.1) is 11.0 Å². The van der Waals surface area contributed by atoms with Crippen LogP contribution in [-0.4, -0.2) is 69.3 Å². The topological polar surface area (TPSA) is 97.4 Å². The van der Waals surface area contributed by atoms with E-state index in [2.05, 4.69) is 50.4 Å². The van der Waals surface area contributed by atoms with Gasteiger partial charge in [0.25, 0.3) is 0 Å². The van der Waals surface area contributed by atoms with E-state index >= 15 is 0 Å². The normalized spacial score (nSPS) is 16.5. The number of aromatic nitrogens is 3. The third-order valence-electron chi connectivity index (χ3n) is 6.41. The van der Waals surface area contributed by atoms with Gasteiger partial charge < -0.3 is 20.3 Å². The van der Waals surface area contributed by atoms with Crippen molar-refractivity contribution in [1.82, 2.24) is 19.9 Å². The van der Waals surface area contributed by atoms with Crippen molar-refractivity contribution >= 4 is 39.5 Å². The van der Waals surface area contributed by atoms with E-state index in [4.69, 9.17) is 19.9 Å².